The summed E-state index contributed by atoms with van der Waals surface area (Å²) in [5, 5.41) is 32.2. The predicted octanol–water partition coefficient (Wildman–Crippen LogP) is 2.72. The fraction of sp³-hybridized carbons (Fsp3) is 0.480. The molecule has 2 aliphatic carbocycles. The second-order valence-electron chi connectivity index (χ2n) is 9.07. The number of hydrogen-bond acceptors (Lipinski definition) is 9. The largest absolute Gasteiger partial charge is 0.510 e. The Labute approximate surface area is 207 Å². The Morgan fingerprint density at radius 1 is 1.14 bits per heavy atom. The van der Waals surface area contributed by atoms with Crippen LogP contribution in [0.1, 0.15) is 38.7 Å². The molecule has 10 heteroatoms. The van der Waals surface area contributed by atoms with Crippen LogP contribution in [0.5, 0.6) is 11.5 Å². The summed E-state index contributed by atoms with van der Waals surface area (Å²) in [7, 11) is 1.48. The highest BCUT2D eigenvalue weighted by Crippen LogP contribution is 2.55. The van der Waals surface area contributed by atoms with E-state index in [1.807, 2.05) is 18.7 Å². The number of phenols is 1. The van der Waals surface area contributed by atoms with Gasteiger partial charge in [0.1, 0.15) is 28.6 Å². The van der Waals surface area contributed by atoms with Gasteiger partial charge >= 0.3 is 0 Å². The number of aromatic hydroxyl groups is 1. The van der Waals surface area contributed by atoms with Gasteiger partial charge in [0.25, 0.3) is 5.91 Å². The number of nitrogens with zero attached hydrogens (tertiary/aromatic N) is 1. The Morgan fingerprint density at radius 2 is 1.80 bits per heavy atom. The maximum absolute atomic E-state index is 13.8. The van der Waals surface area contributed by atoms with Gasteiger partial charge in [-0.3, -0.25) is 19.3 Å². The summed E-state index contributed by atoms with van der Waals surface area (Å²) in [6.07, 6.45) is 1.82. The first-order valence-electron chi connectivity index (χ1n) is 11.7. The molecule has 1 aliphatic heterocycles. The summed E-state index contributed by atoms with van der Waals surface area (Å²) in [6, 6.07) is 2.21. The van der Waals surface area contributed by atoms with Gasteiger partial charge in [-0.15, -0.1) is 11.8 Å². The highest BCUT2D eigenvalue weighted by Gasteiger charge is 2.56. The van der Waals surface area contributed by atoms with Crippen molar-refractivity contribution in [2.45, 2.75) is 49.3 Å². The molecule has 0 spiro atoms. The average Bonchev–Trinajstić information content (AvgIpc) is 2.79. The normalized spacial score (nSPS) is 25.9. The van der Waals surface area contributed by atoms with Crippen LogP contribution in [0.15, 0.2) is 33.9 Å². The highest BCUT2D eigenvalue weighted by atomic mass is 32.2. The van der Waals surface area contributed by atoms with Gasteiger partial charge in [0, 0.05) is 11.2 Å². The van der Waals surface area contributed by atoms with Crippen molar-refractivity contribution in [3.63, 3.8) is 0 Å². The predicted molar refractivity (Wildman–Crippen MR) is 130 cm³/mol. The first kappa shape index (κ1) is 25.1. The van der Waals surface area contributed by atoms with Crippen LogP contribution in [0.3, 0.4) is 0 Å². The first-order chi connectivity index (χ1) is 16.7. The number of amides is 1. The molecule has 1 fully saturated rings. The van der Waals surface area contributed by atoms with Crippen LogP contribution in [-0.4, -0.2) is 69.2 Å². The smallest absolute Gasteiger partial charge is 0.255 e. The fourth-order valence-electron chi connectivity index (χ4n) is 5.65. The molecule has 5 N–H and O–H groups in total. The molecule has 1 heterocycles. The lowest BCUT2D eigenvalue weighted by Crippen LogP contribution is -2.57. The monoisotopic (exact) mass is 502 g/mol. The van der Waals surface area contributed by atoms with E-state index in [1.165, 1.54) is 24.9 Å². The van der Waals surface area contributed by atoms with Crippen LogP contribution in [-0.2, 0) is 14.4 Å². The first-order valence-corrected chi connectivity index (χ1v) is 12.6. The molecule has 35 heavy (non-hydrogen) atoms. The zero-order valence-corrected chi connectivity index (χ0v) is 20.7. The van der Waals surface area contributed by atoms with Crippen molar-refractivity contribution in [1.29, 1.82) is 0 Å². The molecule has 4 atom stereocenters. The van der Waals surface area contributed by atoms with Gasteiger partial charge in [0.2, 0.25) is 0 Å². The van der Waals surface area contributed by atoms with E-state index < -0.39 is 51.9 Å². The molecular weight excluding hydrogens is 472 g/mol. The minimum Gasteiger partial charge on any atom is -0.510 e. The van der Waals surface area contributed by atoms with Crippen LogP contribution in [0, 0.1) is 11.8 Å². The van der Waals surface area contributed by atoms with E-state index >= 15 is 0 Å². The Kier molecular flexibility index (Phi) is 6.88. The van der Waals surface area contributed by atoms with Crippen molar-refractivity contribution in [2.75, 3.05) is 20.2 Å². The van der Waals surface area contributed by atoms with Gasteiger partial charge in [0.15, 0.2) is 11.6 Å². The Bertz CT molecular complexity index is 1150. The number of carbonyl (C=O) groups is 3. The molecule has 1 aromatic rings. The van der Waals surface area contributed by atoms with Crippen molar-refractivity contribution in [3.8, 4) is 11.5 Å². The van der Waals surface area contributed by atoms with Crippen LogP contribution >= 0.6 is 11.8 Å². The quantitative estimate of drug-likeness (QED) is 0.326. The number of phenolic OH excluding ortho intramolecular Hbond substituents is 1. The van der Waals surface area contributed by atoms with Gasteiger partial charge in [-0.1, -0.05) is 13.8 Å². The van der Waals surface area contributed by atoms with Crippen LogP contribution < -0.4 is 10.5 Å². The number of thioether (sulfide) groups is 1. The number of benzene rings is 1. The van der Waals surface area contributed by atoms with Gasteiger partial charge in [0.05, 0.1) is 35.1 Å². The average molecular weight is 503 g/mol. The van der Waals surface area contributed by atoms with E-state index in [1.54, 1.807) is 6.07 Å². The second-order valence-corrected chi connectivity index (χ2v) is 10.3. The lowest BCUT2D eigenvalue weighted by atomic mass is 9.64. The molecule has 4 rings (SSSR count). The Morgan fingerprint density at radius 3 is 2.37 bits per heavy atom. The number of primary amides is 1. The van der Waals surface area contributed by atoms with Crippen LogP contribution in [0.4, 0.5) is 0 Å². The number of rotatable bonds is 7. The van der Waals surface area contributed by atoms with Gasteiger partial charge in [-0.2, -0.15) is 0 Å². The summed E-state index contributed by atoms with van der Waals surface area (Å²) in [6.45, 7) is 5.16. The van der Waals surface area contributed by atoms with Crippen molar-refractivity contribution in [1.82, 2.24) is 4.90 Å². The van der Waals surface area contributed by atoms with E-state index in [4.69, 9.17) is 10.5 Å². The molecule has 3 aliphatic rings. The van der Waals surface area contributed by atoms with Gasteiger partial charge in [-0.25, -0.2) is 0 Å². The van der Waals surface area contributed by atoms with Crippen molar-refractivity contribution in [3.05, 3.63) is 34.6 Å². The van der Waals surface area contributed by atoms with Crippen LogP contribution in [0.25, 0.3) is 5.76 Å². The van der Waals surface area contributed by atoms with E-state index in [0.29, 0.717) is 23.7 Å². The SMILES string of the molecule is CCCN(CCC)[C@@H]1C(O)=C(C(N)=O)C(=O)C2C(=O)C3=C(O)c4c(O)ccc(OC)c4SC3CC21. The second kappa shape index (κ2) is 9.58. The molecule has 0 radical (unpaired) electrons. The Hall–Kier alpha value is -2.98. The summed E-state index contributed by atoms with van der Waals surface area (Å²) in [5.74, 6) is -4.95. The molecule has 1 amide bonds. The standard InChI is InChI=1S/C25H30N2O7S/c1-4-8-27(9-5-2)19-11-10-14-17(20(29)15(11)21(30)18(23(19)32)25(26)33)22(31)16-12(28)6-7-13(34-3)24(16)35-14/h6-7,11,14-15,19,28,31-32H,4-5,8-10H2,1-3H3,(H2,26,33)/t11?,14?,15?,19-/m0/s1. The lowest BCUT2D eigenvalue weighted by molar-refractivity contribution is -0.136. The number of methoxy groups -OCH3 is 1. The highest BCUT2D eigenvalue weighted by molar-refractivity contribution is 8.00. The number of ether oxygens (including phenoxy) is 1. The molecular formula is C25H30N2O7S. The molecule has 0 aromatic heterocycles. The van der Waals surface area contributed by atoms with Crippen molar-refractivity contribution in [2.24, 2.45) is 17.6 Å². The van der Waals surface area contributed by atoms with Gasteiger partial charge in [-0.05, 0) is 44.5 Å². The summed E-state index contributed by atoms with van der Waals surface area (Å²) in [5.41, 5.74) is 5.04. The number of ketones is 2. The number of Topliss-reactive ketones (excluding diaryl/α,β-unsaturated/α-hetero) is 2. The van der Waals surface area contributed by atoms with Crippen LogP contribution in [0.2, 0.25) is 0 Å². The maximum Gasteiger partial charge on any atom is 0.255 e. The minimum atomic E-state index is -1.27. The number of aliphatic hydroxyl groups is 2. The molecule has 0 saturated heterocycles. The molecule has 9 nitrogen and oxygen atoms in total. The third kappa shape index (κ3) is 3.88. The molecule has 0 bridgehead atoms. The van der Waals surface area contributed by atoms with E-state index in [0.717, 1.165) is 12.8 Å². The summed E-state index contributed by atoms with van der Waals surface area (Å²) >= 11 is 1.28. The summed E-state index contributed by atoms with van der Waals surface area (Å²) in [4.78, 5) is 41.9. The maximum atomic E-state index is 13.8. The van der Waals surface area contributed by atoms with Crippen molar-refractivity contribution >= 4 is 35.0 Å². The number of carbonyl (C=O) groups excluding carboxylic acids is 3. The topological polar surface area (TPSA) is 150 Å². The zero-order chi connectivity index (χ0) is 25.6. The molecule has 188 valence electrons. The zero-order valence-electron chi connectivity index (χ0n) is 19.9. The lowest BCUT2D eigenvalue weighted by Gasteiger charge is -2.47. The Balaban J connectivity index is 1.89. The number of hydrogen-bond donors (Lipinski definition) is 4. The molecule has 3 unspecified atom stereocenters. The third-order valence-corrected chi connectivity index (χ3v) is 8.34. The molecule has 1 saturated carbocycles. The fourth-order valence-corrected chi connectivity index (χ4v) is 7.18. The minimum absolute atomic E-state index is 0.0298. The van der Waals surface area contributed by atoms with Crippen molar-refractivity contribution < 1.29 is 34.4 Å². The van der Waals surface area contributed by atoms with E-state index in [9.17, 15) is 29.7 Å². The molecule has 1 aromatic carbocycles. The van der Waals surface area contributed by atoms with E-state index in [-0.39, 0.29) is 29.1 Å². The van der Waals surface area contributed by atoms with Gasteiger partial charge < -0.3 is 25.8 Å². The number of aliphatic hydroxyl groups excluding tert-OH is 2. The number of fused-ring (bicyclic) bond motifs is 3. The summed E-state index contributed by atoms with van der Waals surface area (Å²) < 4.78 is 5.42. The van der Waals surface area contributed by atoms with E-state index in [2.05, 4.69) is 0 Å². The third-order valence-electron chi connectivity index (χ3n) is 6.99. The number of nitrogens with two attached hydrogens (primary N) is 1.